The Labute approximate surface area is 72.0 Å². The minimum atomic E-state index is -1.05. The van der Waals surface area contributed by atoms with Crippen molar-refractivity contribution in [1.82, 2.24) is 5.32 Å². The first-order valence-electron chi connectivity index (χ1n) is 4.14. The molecule has 1 atom stereocenters. The number of carboxylic acids is 1. The van der Waals surface area contributed by atoms with E-state index in [4.69, 9.17) is 5.11 Å². The summed E-state index contributed by atoms with van der Waals surface area (Å²) in [6.45, 7) is 4.15. The Kier molecular flexibility index (Phi) is 5.08. The molecule has 0 aliphatic rings. The Morgan fingerprint density at radius 3 is 2.33 bits per heavy atom. The topological polar surface area (TPSA) is 66.4 Å². The van der Waals surface area contributed by atoms with Gasteiger partial charge in [0, 0.05) is 6.54 Å². The molecule has 1 amide bonds. The van der Waals surface area contributed by atoms with Gasteiger partial charge in [0.15, 0.2) is 0 Å². The Bertz CT molecular complexity index is 168. The van der Waals surface area contributed by atoms with Gasteiger partial charge in [0.1, 0.15) is 5.92 Å². The molecular weight excluding hydrogens is 158 g/mol. The summed E-state index contributed by atoms with van der Waals surface area (Å²) in [5, 5.41) is 11.1. The first kappa shape index (κ1) is 10.9. The fraction of sp³-hybridized carbons (Fsp3) is 0.750. The second-order valence-corrected chi connectivity index (χ2v) is 2.59. The van der Waals surface area contributed by atoms with Gasteiger partial charge in [-0.05, 0) is 12.8 Å². The van der Waals surface area contributed by atoms with Crippen LogP contribution >= 0.6 is 0 Å². The summed E-state index contributed by atoms with van der Waals surface area (Å²) < 4.78 is 0. The standard InChI is InChI=1S/C8H15NO3/c1-3-5-9-7(10)6(4-2)8(11)12/h6H,3-5H2,1-2H3,(H,9,10)(H,11,12). The predicted octanol–water partition coefficient (Wildman–Crippen LogP) is 0.623. The molecule has 0 saturated heterocycles. The molecule has 0 spiro atoms. The molecule has 70 valence electrons. The quantitative estimate of drug-likeness (QED) is 0.599. The van der Waals surface area contributed by atoms with Crippen LogP contribution in [0.5, 0.6) is 0 Å². The highest BCUT2D eigenvalue weighted by molar-refractivity contribution is 5.96. The molecule has 12 heavy (non-hydrogen) atoms. The summed E-state index contributed by atoms with van der Waals surface area (Å²) in [6.07, 6.45) is 1.16. The highest BCUT2D eigenvalue weighted by Gasteiger charge is 2.22. The van der Waals surface area contributed by atoms with Crippen LogP contribution in [0, 0.1) is 5.92 Å². The number of carboxylic acid groups (broad SMARTS) is 1. The van der Waals surface area contributed by atoms with E-state index in [1.807, 2.05) is 6.92 Å². The average Bonchev–Trinajstić information content (AvgIpc) is 2.01. The largest absolute Gasteiger partial charge is 0.481 e. The molecule has 0 bridgehead atoms. The number of amides is 1. The van der Waals surface area contributed by atoms with Gasteiger partial charge in [0.25, 0.3) is 0 Å². The molecule has 4 heteroatoms. The van der Waals surface area contributed by atoms with Gasteiger partial charge in [-0.1, -0.05) is 13.8 Å². The number of hydrogen-bond donors (Lipinski definition) is 2. The van der Waals surface area contributed by atoms with E-state index in [1.165, 1.54) is 0 Å². The maximum atomic E-state index is 11.1. The molecule has 0 heterocycles. The second kappa shape index (κ2) is 5.57. The van der Waals surface area contributed by atoms with Crippen LogP contribution in [0.3, 0.4) is 0 Å². The average molecular weight is 173 g/mol. The number of aliphatic carboxylic acids is 1. The van der Waals surface area contributed by atoms with Crippen molar-refractivity contribution in [2.75, 3.05) is 6.54 Å². The third-order valence-corrected chi connectivity index (χ3v) is 1.57. The summed E-state index contributed by atoms with van der Waals surface area (Å²) in [5.41, 5.74) is 0. The van der Waals surface area contributed by atoms with Crippen molar-refractivity contribution >= 4 is 11.9 Å². The van der Waals surface area contributed by atoms with E-state index in [0.29, 0.717) is 13.0 Å². The van der Waals surface area contributed by atoms with Gasteiger partial charge in [0.05, 0.1) is 0 Å². The molecule has 2 N–H and O–H groups in total. The normalized spacial score (nSPS) is 12.2. The zero-order chi connectivity index (χ0) is 9.56. The van der Waals surface area contributed by atoms with Crippen LogP contribution in [0.1, 0.15) is 26.7 Å². The van der Waals surface area contributed by atoms with Crippen LogP contribution in [0.2, 0.25) is 0 Å². The summed E-state index contributed by atoms with van der Waals surface area (Å²) >= 11 is 0. The van der Waals surface area contributed by atoms with E-state index < -0.39 is 11.9 Å². The summed E-state index contributed by atoms with van der Waals surface area (Å²) in [4.78, 5) is 21.6. The molecule has 0 aromatic heterocycles. The van der Waals surface area contributed by atoms with E-state index in [0.717, 1.165) is 6.42 Å². The van der Waals surface area contributed by atoms with Crippen molar-refractivity contribution in [1.29, 1.82) is 0 Å². The van der Waals surface area contributed by atoms with Gasteiger partial charge in [-0.3, -0.25) is 9.59 Å². The van der Waals surface area contributed by atoms with Crippen LogP contribution in [-0.2, 0) is 9.59 Å². The fourth-order valence-electron chi connectivity index (χ4n) is 0.844. The van der Waals surface area contributed by atoms with Gasteiger partial charge in [-0.25, -0.2) is 0 Å². The van der Waals surface area contributed by atoms with Crippen LogP contribution in [0.25, 0.3) is 0 Å². The van der Waals surface area contributed by atoms with Crippen LogP contribution in [0.4, 0.5) is 0 Å². The van der Waals surface area contributed by atoms with Crippen molar-refractivity contribution in [3.63, 3.8) is 0 Å². The van der Waals surface area contributed by atoms with Gasteiger partial charge in [-0.2, -0.15) is 0 Å². The van der Waals surface area contributed by atoms with Crippen LogP contribution in [0.15, 0.2) is 0 Å². The third-order valence-electron chi connectivity index (χ3n) is 1.57. The number of rotatable bonds is 5. The van der Waals surface area contributed by atoms with E-state index in [2.05, 4.69) is 5.32 Å². The van der Waals surface area contributed by atoms with E-state index in [9.17, 15) is 9.59 Å². The van der Waals surface area contributed by atoms with Crippen molar-refractivity contribution in [2.24, 2.45) is 5.92 Å². The lowest BCUT2D eigenvalue weighted by atomic mass is 10.1. The molecule has 0 aliphatic heterocycles. The molecule has 0 saturated carbocycles. The molecular formula is C8H15NO3. The number of carbonyl (C=O) groups excluding carboxylic acids is 1. The summed E-state index contributed by atoms with van der Waals surface area (Å²) in [7, 11) is 0. The molecule has 0 radical (unpaired) electrons. The zero-order valence-corrected chi connectivity index (χ0v) is 7.46. The Morgan fingerprint density at radius 2 is 2.00 bits per heavy atom. The highest BCUT2D eigenvalue weighted by atomic mass is 16.4. The van der Waals surface area contributed by atoms with Crippen molar-refractivity contribution < 1.29 is 14.7 Å². The molecule has 0 aromatic rings. The molecule has 0 fully saturated rings. The Hall–Kier alpha value is -1.06. The third kappa shape index (κ3) is 3.37. The fourth-order valence-corrected chi connectivity index (χ4v) is 0.844. The van der Waals surface area contributed by atoms with E-state index in [1.54, 1.807) is 6.92 Å². The maximum Gasteiger partial charge on any atom is 0.316 e. The second-order valence-electron chi connectivity index (χ2n) is 2.59. The Balaban J connectivity index is 3.95. The number of carbonyl (C=O) groups is 2. The Morgan fingerprint density at radius 1 is 1.42 bits per heavy atom. The lowest BCUT2D eigenvalue weighted by Crippen LogP contribution is -2.35. The van der Waals surface area contributed by atoms with Crippen molar-refractivity contribution in [2.45, 2.75) is 26.7 Å². The highest BCUT2D eigenvalue weighted by Crippen LogP contribution is 2.01. The molecule has 0 aliphatic carbocycles. The van der Waals surface area contributed by atoms with Gasteiger partial charge >= 0.3 is 5.97 Å². The van der Waals surface area contributed by atoms with Crippen LogP contribution < -0.4 is 5.32 Å². The lowest BCUT2D eigenvalue weighted by molar-refractivity contribution is -0.147. The monoisotopic (exact) mass is 173 g/mol. The van der Waals surface area contributed by atoms with Crippen molar-refractivity contribution in [3.05, 3.63) is 0 Å². The summed E-state index contributed by atoms with van der Waals surface area (Å²) in [5.74, 6) is -2.32. The van der Waals surface area contributed by atoms with Gasteiger partial charge < -0.3 is 10.4 Å². The van der Waals surface area contributed by atoms with Gasteiger partial charge in [0.2, 0.25) is 5.91 Å². The first-order chi connectivity index (χ1) is 5.63. The lowest BCUT2D eigenvalue weighted by Gasteiger charge is -2.09. The number of hydrogen-bond acceptors (Lipinski definition) is 2. The van der Waals surface area contributed by atoms with Gasteiger partial charge in [-0.15, -0.1) is 0 Å². The van der Waals surface area contributed by atoms with Crippen LogP contribution in [-0.4, -0.2) is 23.5 Å². The predicted molar refractivity (Wildman–Crippen MR) is 44.7 cm³/mol. The molecule has 1 unspecified atom stereocenters. The maximum absolute atomic E-state index is 11.1. The van der Waals surface area contributed by atoms with E-state index in [-0.39, 0.29) is 5.91 Å². The SMILES string of the molecule is CCCNC(=O)C(CC)C(=O)O. The minimum Gasteiger partial charge on any atom is -0.481 e. The first-order valence-corrected chi connectivity index (χ1v) is 4.14. The minimum absolute atomic E-state index is 0.338. The van der Waals surface area contributed by atoms with E-state index >= 15 is 0 Å². The molecule has 0 aromatic carbocycles. The zero-order valence-electron chi connectivity index (χ0n) is 7.46. The van der Waals surface area contributed by atoms with Crippen molar-refractivity contribution in [3.8, 4) is 0 Å². The smallest absolute Gasteiger partial charge is 0.316 e. The number of nitrogens with one attached hydrogen (secondary N) is 1. The summed E-state index contributed by atoms with van der Waals surface area (Å²) in [6, 6.07) is 0. The molecule has 4 nitrogen and oxygen atoms in total. The molecule has 0 rings (SSSR count).